The largest absolute Gasteiger partial charge is 0.486 e. The van der Waals surface area contributed by atoms with Gasteiger partial charge in [-0.15, -0.1) is 0 Å². The Morgan fingerprint density at radius 3 is 2.74 bits per heavy atom. The van der Waals surface area contributed by atoms with Gasteiger partial charge in [-0.25, -0.2) is 0 Å². The number of piperidine rings is 1. The molecule has 2 aliphatic heterocycles. The Balaban J connectivity index is 1.87. The Kier molecular flexibility index (Phi) is 2.97. The number of amides is 1. The van der Waals surface area contributed by atoms with E-state index in [4.69, 9.17) is 16.3 Å². The summed E-state index contributed by atoms with van der Waals surface area (Å²) in [6.07, 6.45) is 2.61. The van der Waals surface area contributed by atoms with Gasteiger partial charge in [-0.1, -0.05) is 11.6 Å². The molecule has 1 aromatic rings. The number of nitrogens with zero attached hydrogens (tertiary/aromatic N) is 1. The van der Waals surface area contributed by atoms with Gasteiger partial charge < -0.3 is 9.64 Å². The van der Waals surface area contributed by atoms with Gasteiger partial charge in [0.1, 0.15) is 11.4 Å². The molecular formula is C14H14ClNO3. The minimum absolute atomic E-state index is 0.0725. The van der Waals surface area contributed by atoms with Crippen molar-refractivity contribution in [3.05, 3.63) is 28.8 Å². The quantitative estimate of drug-likeness (QED) is 0.741. The van der Waals surface area contributed by atoms with Crippen LogP contribution in [0.15, 0.2) is 18.2 Å². The highest BCUT2D eigenvalue weighted by molar-refractivity contribution is 6.31. The summed E-state index contributed by atoms with van der Waals surface area (Å²) < 4.78 is 6.06. The predicted octanol–water partition coefficient (Wildman–Crippen LogP) is 2.30. The zero-order valence-corrected chi connectivity index (χ0v) is 11.2. The normalized spacial score (nSPS) is 20.9. The van der Waals surface area contributed by atoms with Crippen LogP contribution in [0, 0.1) is 0 Å². The molecule has 0 N–H and O–H groups in total. The third kappa shape index (κ3) is 2.21. The zero-order chi connectivity index (χ0) is 13.5. The summed E-state index contributed by atoms with van der Waals surface area (Å²) in [6, 6.07) is 5.14. The van der Waals surface area contributed by atoms with Crippen LogP contribution in [0.5, 0.6) is 5.75 Å². The average molecular weight is 280 g/mol. The van der Waals surface area contributed by atoms with Crippen LogP contribution < -0.4 is 4.74 Å². The number of Topliss-reactive ketones (excluding diaryl/α,β-unsaturated/α-hetero) is 1. The number of carbonyl (C=O) groups is 2. The molecule has 1 saturated heterocycles. The third-order valence-electron chi connectivity index (χ3n) is 3.91. The lowest BCUT2D eigenvalue weighted by Crippen LogP contribution is -2.50. The van der Waals surface area contributed by atoms with Gasteiger partial charge in [0.05, 0.1) is 12.0 Å². The van der Waals surface area contributed by atoms with E-state index in [1.54, 1.807) is 23.1 Å². The highest BCUT2D eigenvalue weighted by Crippen LogP contribution is 2.39. The fourth-order valence-corrected chi connectivity index (χ4v) is 2.95. The average Bonchev–Trinajstić information content (AvgIpc) is 2.41. The number of hydrogen-bond donors (Lipinski definition) is 0. The Bertz CT molecular complexity index is 535. The molecule has 5 heteroatoms. The monoisotopic (exact) mass is 279 g/mol. The first kappa shape index (κ1) is 12.5. The highest BCUT2D eigenvalue weighted by atomic mass is 35.5. The van der Waals surface area contributed by atoms with Crippen molar-refractivity contribution in [3.8, 4) is 5.75 Å². The molecule has 4 nitrogen and oxygen atoms in total. The topological polar surface area (TPSA) is 46.6 Å². The maximum Gasteiger partial charge on any atom is 0.209 e. The Morgan fingerprint density at radius 2 is 2.05 bits per heavy atom. The van der Waals surface area contributed by atoms with Crippen LogP contribution in [-0.2, 0) is 4.79 Å². The van der Waals surface area contributed by atoms with E-state index < -0.39 is 5.60 Å². The van der Waals surface area contributed by atoms with Crippen molar-refractivity contribution in [2.75, 3.05) is 13.1 Å². The van der Waals surface area contributed by atoms with E-state index in [2.05, 4.69) is 0 Å². The van der Waals surface area contributed by atoms with E-state index in [1.165, 1.54) is 0 Å². The maximum absolute atomic E-state index is 12.2. The molecule has 0 aromatic heterocycles. The van der Waals surface area contributed by atoms with Gasteiger partial charge in [-0.05, 0) is 18.2 Å². The summed E-state index contributed by atoms with van der Waals surface area (Å²) >= 11 is 5.90. The molecule has 0 radical (unpaired) electrons. The van der Waals surface area contributed by atoms with E-state index in [1.807, 2.05) is 0 Å². The summed E-state index contributed by atoms with van der Waals surface area (Å²) in [4.78, 5) is 24.7. The second-order valence-electron chi connectivity index (χ2n) is 5.17. The third-order valence-corrected chi connectivity index (χ3v) is 4.14. The number of ketones is 1. The van der Waals surface area contributed by atoms with Gasteiger partial charge in [-0.2, -0.15) is 0 Å². The number of benzene rings is 1. The first-order chi connectivity index (χ1) is 9.12. The SMILES string of the molecule is O=CN1CCC2(CC1)CC(=O)c1cc(Cl)ccc1O2. The molecule has 0 aliphatic carbocycles. The molecule has 0 unspecified atom stereocenters. The van der Waals surface area contributed by atoms with Crippen molar-refractivity contribution in [2.45, 2.75) is 24.9 Å². The highest BCUT2D eigenvalue weighted by Gasteiger charge is 2.42. The molecule has 2 aliphatic rings. The first-order valence-electron chi connectivity index (χ1n) is 6.33. The minimum atomic E-state index is -0.447. The summed E-state index contributed by atoms with van der Waals surface area (Å²) in [5.74, 6) is 0.684. The van der Waals surface area contributed by atoms with Crippen molar-refractivity contribution >= 4 is 23.8 Å². The molecule has 1 aromatic carbocycles. The number of carbonyl (C=O) groups excluding carboxylic acids is 2. The number of rotatable bonds is 1. The summed E-state index contributed by atoms with van der Waals surface area (Å²) in [6.45, 7) is 1.28. The van der Waals surface area contributed by atoms with Crippen LogP contribution in [0.2, 0.25) is 5.02 Å². The van der Waals surface area contributed by atoms with Gasteiger partial charge in [-0.3, -0.25) is 9.59 Å². The van der Waals surface area contributed by atoms with Crippen LogP contribution in [0.25, 0.3) is 0 Å². The van der Waals surface area contributed by atoms with Gasteiger partial charge in [0, 0.05) is 31.0 Å². The van der Waals surface area contributed by atoms with Crippen LogP contribution in [0.3, 0.4) is 0 Å². The smallest absolute Gasteiger partial charge is 0.209 e. The fourth-order valence-electron chi connectivity index (χ4n) is 2.78. The summed E-state index contributed by atoms with van der Waals surface area (Å²) in [5, 5.41) is 0.544. The molecule has 0 bridgehead atoms. The molecule has 1 fully saturated rings. The van der Waals surface area contributed by atoms with Crippen molar-refractivity contribution in [3.63, 3.8) is 0 Å². The predicted molar refractivity (Wildman–Crippen MR) is 70.6 cm³/mol. The Labute approximate surface area is 116 Å². The van der Waals surface area contributed by atoms with Crippen LogP contribution in [0.1, 0.15) is 29.6 Å². The van der Waals surface area contributed by atoms with Crippen molar-refractivity contribution in [1.29, 1.82) is 0 Å². The maximum atomic E-state index is 12.2. The molecular weight excluding hydrogens is 266 g/mol. The summed E-state index contributed by atoms with van der Waals surface area (Å²) in [7, 11) is 0. The number of hydrogen-bond acceptors (Lipinski definition) is 3. The molecule has 1 amide bonds. The molecule has 1 spiro atoms. The van der Waals surface area contributed by atoms with Crippen LogP contribution in [0.4, 0.5) is 0 Å². The van der Waals surface area contributed by atoms with Crippen LogP contribution in [-0.4, -0.2) is 35.8 Å². The van der Waals surface area contributed by atoms with E-state index in [0.29, 0.717) is 48.7 Å². The number of halogens is 1. The standard InChI is InChI=1S/C14H14ClNO3/c15-10-1-2-13-11(7-10)12(18)8-14(19-13)3-5-16(9-17)6-4-14/h1-2,7,9H,3-6,8H2. The molecule has 100 valence electrons. The van der Waals surface area contributed by atoms with Crippen molar-refractivity contribution in [1.82, 2.24) is 4.90 Å². The van der Waals surface area contributed by atoms with Gasteiger partial charge in [0.15, 0.2) is 5.78 Å². The van der Waals surface area contributed by atoms with Crippen LogP contribution >= 0.6 is 11.6 Å². The molecule has 2 heterocycles. The van der Waals surface area contributed by atoms with Gasteiger partial charge in [0.2, 0.25) is 6.41 Å². The lowest BCUT2D eigenvalue weighted by atomic mass is 9.82. The molecule has 19 heavy (non-hydrogen) atoms. The number of fused-ring (bicyclic) bond motifs is 1. The minimum Gasteiger partial charge on any atom is -0.486 e. The van der Waals surface area contributed by atoms with E-state index >= 15 is 0 Å². The second-order valence-corrected chi connectivity index (χ2v) is 5.60. The van der Waals surface area contributed by atoms with Crippen molar-refractivity contribution < 1.29 is 14.3 Å². The number of ether oxygens (including phenoxy) is 1. The van der Waals surface area contributed by atoms with E-state index in [9.17, 15) is 9.59 Å². The molecule has 0 atom stereocenters. The van der Waals surface area contributed by atoms with Crippen molar-refractivity contribution in [2.24, 2.45) is 0 Å². The van der Waals surface area contributed by atoms with E-state index in [0.717, 1.165) is 6.41 Å². The van der Waals surface area contributed by atoms with Gasteiger partial charge in [0.25, 0.3) is 0 Å². The molecule has 3 rings (SSSR count). The second kappa shape index (κ2) is 4.53. The Morgan fingerprint density at radius 1 is 1.32 bits per heavy atom. The zero-order valence-electron chi connectivity index (χ0n) is 10.4. The lowest BCUT2D eigenvalue weighted by molar-refractivity contribution is -0.121. The Hall–Kier alpha value is -1.55. The first-order valence-corrected chi connectivity index (χ1v) is 6.71. The fraction of sp³-hybridized carbons (Fsp3) is 0.429. The van der Waals surface area contributed by atoms with E-state index in [-0.39, 0.29) is 5.78 Å². The lowest BCUT2D eigenvalue weighted by Gasteiger charge is -2.43. The number of likely N-dealkylation sites (tertiary alicyclic amines) is 1. The molecule has 0 saturated carbocycles. The summed E-state index contributed by atoms with van der Waals surface area (Å²) in [5.41, 5.74) is 0.119. The van der Waals surface area contributed by atoms with Gasteiger partial charge >= 0.3 is 0 Å².